The molecule has 0 atom stereocenters. The summed E-state index contributed by atoms with van der Waals surface area (Å²) in [6.07, 6.45) is 2.38. The second kappa shape index (κ2) is 5.00. The van der Waals surface area contributed by atoms with Crippen LogP contribution < -0.4 is 5.32 Å². The molecular formula is C15H12F2N2O. The molecule has 1 aliphatic rings. The third kappa shape index (κ3) is 2.66. The number of hydrogen-bond acceptors (Lipinski definition) is 2. The van der Waals surface area contributed by atoms with E-state index in [0.717, 1.165) is 12.1 Å². The van der Waals surface area contributed by atoms with E-state index in [-0.39, 0.29) is 5.69 Å². The molecule has 0 unspecified atom stereocenters. The molecule has 1 aliphatic carbocycles. The van der Waals surface area contributed by atoms with Crippen molar-refractivity contribution in [1.82, 2.24) is 4.98 Å². The van der Waals surface area contributed by atoms with Crippen LogP contribution >= 0.6 is 0 Å². The number of anilines is 1. The fourth-order valence-corrected chi connectivity index (χ4v) is 2.02. The van der Waals surface area contributed by atoms with E-state index in [1.165, 1.54) is 18.4 Å². The average Bonchev–Trinajstić information content (AvgIpc) is 3.26. The lowest BCUT2D eigenvalue weighted by atomic mass is 10.1. The van der Waals surface area contributed by atoms with E-state index in [0.29, 0.717) is 11.5 Å². The molecule has 102 valence electrons. The SMILES string of the molecule is O=C(Nc1ccc(F)nc1F)c1ccc(C2CC2)cc1. The van der Waals surface area contributed by atoms with Gasteiger partial charge in [0.1, 0.15) is 0 Å². The molecule has 20 heavy (non-hydrogen) atoms. The minimum Gasteiger partial charge on any atom is -0.318 e. The van der Waals surface area contributed by atoms with Gasteiger partial charge < -0.3 is 5.32 Å². The van der Waals surface area contributed by atoms with Gasteiger partial charge in [-0.3, -0.25) is 4.79 Å². The van der Waals surface area contributed by atoms with Crippen LogP contribution in [0.15, 0.2) is 36.4 Å². The van der Waals surface area contributed by atoms with Crippen molar-refractivity contribution in [2.75, 3.05) is 5.32 Å². The Bertz CT molecular complexity index is 651. The summed E-state index contributed by atoms with van der Waals surface area (Å²) in [4.78, 5) is 15.0. The summed E-state index contributed by atoms with van der Waals surface area (Å²) in [6, 6.07) is 9.37. The van der Waals surface area contributed by atoms with Crippen LogP contribution in [0.1, 0.15) is 34.7 Å². The van der Waals surface area contributed by atoms with E-state index < -0.39 is 17.8 Å². The van der Waals surface area contributed by atoms with E-state index >= 15 is 0 Å². The zero-order valence-electron chi connectivity index (χ0n) is 10.6. The molecule has 2 aromatic rings. The number of aromatic nitrogens is 1. The summed E-state index contributed by atoms with van der Waals surface area (Å²) >= 11 is 0. The van der Waals surface area contributed by atoms with Gasteiger partial charge in [-0.1, -0.05) is 12.1 Å². The molecule has 0 saturated heterocycles. The van der Waals surface area contributed by atoms with Crippen LogP contribution in [0.5, 0.6) is 0 Å². The first-order chi connectivity index (χ1) is 9.63. The van der Waals surface area contributed by atoms with E-state index in [1.807, 2.05) is 12.1 Å². The van der Waals surface area contributed by atoms with E-state index in [1.54, 1.807) is 12.1 Å². The number of benzene rings is 1. The molecule has 1 heterocycles. The highest BCUT2D eigenvalue weighted by Crippen LogP contribution is 2.39. The zero-order chi connectivity index (χ0) is 14.1. The Morgan fingerprint density at radius 1 is 1.10 bits per heavy atom. The van der Waals surface area contributed by atoms with Crippen molar-refractivity contribution in [2.45, 2.75) is 18.8 Å². The Labute approximate surface area is 114 Å². The molecule has 1 amide bonds. The van der Waals surface area contributed by atoms with Crippen LogP contribution in [0.2, 0.25) is 0 Å². The smallest absolute Gasteiger partial charge is 0.255 e. The molecule has 1 aromatic carbocycles. The van der Waals surface area contributed by atoms with Gasteiger partial charge in [0.25, 0.3) is 5.91 Å². The first-order valence-corrected chi connectivity index (χ1v) is 6.37. The maximum absolute atomic E-state index is 13.3. The monoisotopic (exact) mass is 274 g/mol. The summed E-state index contributed by atoms with van der Waals surface area (Å²) in [6.45, 7) is 0. The largest absolute Gasteiger partial charge is 0.318 e. The summed E-state index contributed by atoms with van der Waals surface area (Å²) in [7, 11) is 0. The topological polar surface area (TPSA) is 42.0 Å². The quantitative estimate of drug-likeness (QED) is 0.870. The van der Waals surface area contributed by atoms with Crippen LogP contribution in [0.25, 0.3) is 0 Å². The van der Waals surface area contributed by atoms with E-state index in [2.05, 4.69) is 10.3 Å². The molecule has 1 saturated carbocycles. The summed E-state index contributed by atoms with van der Waals surface area (Å²) < 4.78 is 26.0. The van der Waals surface area contributed by atoms with Crippen molar-refractivity contribution < 1.29 is 13.6 Å². The van der Waals surface area contributed by atoms with Crippen LogP contribution in [-0.4, -0.2) is 10.9 Å². The predicted octanol–water partition coefficient (Wildman–Crippen LogP) is 3.49. The maximum atomic E-state index is 13.3. The van der Waals surface area contributed by atoms with Gasteiger partial charge in [-0.15, -0.1) is 0 Å². The van der Waals surface area contributed by atoms with Crippen LogP contribution in [-0.2, 0) is 0 Å². The van der Waals surface area contributed by atoms with Crippen molar-refractivity contribution in [3.05, 3.63) is 59.4 Å². The molecule has 3 rings (SSSR count). The van der Waals surface area contributed by atoms with Gasteiger partial charge in [0.15, 0.2) is 0 Å². The third-order valence-corrected chi connectivity index (χ3v) is 3.28. The number of nitrogens with zero attached hydrogens (tertiary/aromatic N) is 1. The number of rotatable bonds is 3. The van der Waals surface area contributed by atoms with Crippen molar-refractivity contribution in [3.63, 3.8) is 0 Å². The lowest BCUT2D eigenvalue weighted by Crippen LogP contribution is -2.13. The Morgan fingerprint density at radius 2 is 1.80 bits per heavy atom. The fraction of sp³-hybridized carbons (Fsp3) is 0.200. The zero-order valence-corrected chi connectivity index (χ0v) is 10.6. The highest BCUT2D eigenvalue weighted by atomic mass is 19.1. The molecular weight excluding hydrogens is 262 g/mol. The second-order valence-electron chi connectivity index (χ2n) is 4.82. The van der Waals surface area contributed by atoms with Crippen molar-refractivity contribution in [3.8, 4) is 0 Å². The predicted molar refractivity (Wildman–Crippen MR) is 70.5 cm³/mol. The normalized spacial score (nSPS) is 14.1. The Morgan fingerprint density at radius 3 is 2.40 bits per heavy atom. The molecule has 0 spiro atoms. The van der Waals surface area contributed by atoms with Gasteiger partial charge in [-0.2, -0.15) is 13.8 Å². The van der Waals surface area contributed by atoms with Gasteiger partial charge in [-0.25, -0.2) is 0 Å². The van der Waals surface area contributed by atoms with Gasteiger partial charge in [0.2, 0.25) is 11.9 Å². The number of hydrogen-bond donors (Lipinski definition) is 1. The Hall–Kier alpha value is -2.30. The molecule has 1 fully saturated rings. The first-order valence-electron chi connectivity index (χ1n) is 6.37. The Balaban J connectivity index is 1.74. The van der Waals surface area contributed by atoms with Gasteiger partial charge in [0.05, 0.1) is 5.69 Å². The summed E-state index contributed by atoms with van der Waals surface area (Å²) in [5.74, 6) is -1.78. The molecule has 3 nitrogen and oxygen atoms in total. The van der Waals surface area contributed by atoms with Gasteiger partial charge >= 0.3 is 0 Å². The van der Waals surface area contributed by atoms with Crippen LogP contribution in [0.4, 0.5) is 14.5 Å². The van der Waals surface area contributed by atoms with Gasteiger partial charge in [0, 0.05) is 5.56 Å². The van der Waals surface area contributed by atoms with Crippen LogP contribution in [0.3, 0.4) is 0 Å². The van der Waals surface area contributed by atoms with Crippen molar-refractivity contribution in [2.24, 2.45) is 0 Å². The molecule has 1 N–H and O–H groups in total. The lowest BCUT2D eigenvalue weighted by Gasteiger charge is -2.06. The first kappa shape index (κ1) is 12.7. The van der Waals surface area contributed by atoms with Crippen LogP contribution in [0, 0.1) is 11.9 Å². The van der Waals surface area contributed by atoms with Gasteiger partial charge in [-0.05, 0) is 48.6 Å². The summed E-state index contributed by atoms with van der Waals surface area (Å²) in [5, 5.41) is 2.37. The Kier molecular flexibility index (Phi) is 3.18. The lowest BCUT2D eigenvalue weighted by molar-refractivity contribution is 0.102. The van der Waals surface area contributed by atoms with Crippen molar-refractivity contribution >= 4 is 11.6 Å². The second-order valence-corrected chi connectivity index (χ2v) is 4.82. The number of halogens is 2. The van der Waals surface area contributed by atoms with Crippen molar-refractivity contribution in [1.29, 1.82) is 0 Å². The third-order valence-electron chi connectivity index (χ3n) is 3.28. The fourth-order valence-electron chi connectivity index (χ4n) is 2.02. The molecule has 1 aromatic heterocycles. The van der Waals surface area contributed by atoms with E-state index in [9.17, 15) is 13.6 Å². The number of carbonyl (C=O) groups excluding carboxylic acids is 1. The molecule has 0 bridgehead atoms. The standard InChI is InChI=1S/C15H12F2N2O/c16-13-8-7-12(14(17)19-13)18-15(20)11-5-3-10(4-6-11)9-1-2-9/h3-9H,1-2H2,(H,18,20). The van der Waals surface area contributed by atoms with E-state index in [4.69, 9.17) is 0 Å². The summed E-state index contributed by atoms with van der Waals surface area (Å²) in [5.41, 5.74) is 1.51. The average molecular weight is 274 g/mol. The number of nitrogens with one attached hydrogen (secondary N) is 1. The number of amides is 1. The molecule has 0 radical (unpaired) electrons. The minimum atomic E-state index is -1.03. The minimum absolute atomic E-state index is 0.136. The molecule has 0 aliphatic heterocycles. The highest BCUT2D eigenvalue weighted by Gasteiger charge is 2.23. The number of carbonyl (C=O) groups is 1. The maximum Gasteiger partial charge on any atom is 0.255 e. The molecule has 5 heteroatoms. The highest BCUT2D eigenvalue weighted by molar-refractivity contribution is 6.04. The number of pyridine rings is 1.